The van der Waals surface area contributed by atoms with Gasteiger partial charge in [0.25, 0.3) is 0 Å². The molecule has 0 amide bonds. The number of benzene rings is 1. The average Bonchev–Trinajstić information content (AvgIpc) is 3.62. The van der Waals surface area contributed by atoms with Crippen molar-refractivity contribution in [2.75, 3.05) is 6.61 Å². The Kier molecular flexibility index (Phi) is 6.43. The summed E-state index contributed by atoms with van der Waals surface area (Å²) in [6.07, 6.45) is 4.20. The van der Waals surface area contributed by atoms with Gasteiger partial charge in [0.2, 0.25) is 0 Å². The molecule has 4 heterocycles. The van der Waals surface area contributed by atoms with E-state index in [1.807, 2.05) is 37.5 Å². The Balaban J connectivity index is 1.41. The van der Waals surface area contributed by atoms with Crippen LogP contribution in [-0.4, -0.2) is 52.0 Å². The van der Waals surface area contributed by atoms with Gasteiger partial charge in [0.05, 0.1) is 24.4 Å². The molecular weight excluding hydrogens is 456 g/mol. The van der Waals surface area contributed by atoms with Gasteiger partial charge in [-0.2, -0.15) is 10.2 Å². The summed E-state index contributed by atoms with van der Waals surface area (Å²) >= 11 is 7.14. The lowest BCUT2D eigenvalue weighted by atomic mass is 10.1. The first-order chi connectivity index (χ1) is 16.1. The number of hydrogen-bond donors (Lipinski definition) is 1. The first-order valence-corrected chi connectivity index (χ1v) is 12.4. The zero-order chi connectivity index (χ0) is 22.8. The van der Waals surface area contributed by atoms with Crippen molar-refractivity contribution in [1.82, 2.24) is 39.3 Å². The van der Waals surface area contributed by atoms with Crippen LogP contribution in [0.25, 0.3) is 11.5 Å². The van der Waals surface area contributed by atoms with Crippen molar-refractivity contribution in [2.24, 2.45) is 7.05 Å². The molecule has 3 aromatic heterocycles. The van der Waals surface area contributed by atoms with Crippen LogP contribution in [0.5, 0.6) is 0 Å². The van der Waals surface area contributed by atoms with Crippen LogP contribution < -0.4 is 0 Å². The van der Waals surface area contributed by atoms with Gasteiger partial charge in [0, 0.05) is 19.9 Å². The van der Waals surface area contributed by atoms with E-state index in [0.717, 1.165) is 41.9 Å². The molecule has 2 atom stereocenters. The van der Waals surface area contributed by atoms with Crippen LogP contribution in [-0.2, 0) is 24.1 Å². The number of hydrogen-bond acceptors (Lipinski definition) is 7. The fourth-order valence-corrected chi connectivity index (χ4v) is 5.31. The SMILES string of the molecule is C[C@@H](c1ccccc1)n1c(CSc2nnc(-c3ccn(C)n3)n2C[C@H]2CCCO2)n[nH]c1=S. The highest BCUT2D eigenvalue weighted by atomic mass is 32.2. The van der Waals surface area contributed by atoms with Crippen LogP contribution in [0.1, 0.15) is 37.2 Å². The minimum atomic E-state index is 0.0712. The van der Waals surface area contributed by atoms with E-state index in [1.54, 1.807) is 16.4 Å². The zero-order valence-corrected chi connectivity index (χ0v) is 20.2. The molecule has 0 unspecified atom stereocenters. The van der Waals surface area contributed by atoms with E-state index in [4.69, 9.17) is 17.0 Å². The molecule has 0 bridgehead atoms. The highest BCUT2D eigenvalue weighted by Gasteiger charge is 2.23. The monoisotopic (exact) mass is 482 g/mol. The second kappa shape index (κ2) is 9.62. The fourth-order valence-electron chi connectivity index (χ4n) is 4.12. The Bertz CT molecular complexity index is 1270. The van der Waals surface area contributed by atoms with Crippen molar-refractivity contribution in [3.05, 3.63) is 58.8 Å². The molecule has 9 nitrogen and oxygen atoms in total. The number of nitrogens with zero attached hydrogens (tertiary/aromatic N) is 7. The summed E-state index contributed by atoms with van der Waals surface area (Å²) in [6.45, 7) is 3.64. The largest absolute Gasteiger partial charge is 0.376 e. The summed E-state index contributed by atoms with van der Waals surface area (Å²) in [5, 5.41) is 21.8. The van der Waals surface area contributed by atoms with Crippen LogP contribution in [0.3, 0.4) is 0 Å². The molecule has 0 spiro atoms. The summed E-state index contributed by atoms with van der Waals surface area (Å²) in [6, 6.07) is 12.3. The van der Waals surface area contributed by atoms with Gasteiger partial charge in [-0.05, 0) is 43.6 Å². The third-order valence-electron chi connectivity index (χ3n) is 5.85. The lowest BCUT2D eigenvalue weighted by Gasteiger charge is -2.16. The molecule has 33 heavy (non-hydrogen) atoms. The maximum absolute atomic E-state index is 5.90. The highest BCUT2D eigenvalue weighted by Crippen LogP contribution is 2.29. The van der Waals surface area contributed by atoms with Crippen molar-refractivity contribution in [1.29, 1.82) is 0 Å². The molecule has 0 radical (unpaired) electrons. The van der Waals surface area contributed by atoms with Gasteiger partial charge < -0.3 is 4.74 Å². The average molecular weight is 483 g/mol. The van der Waals surface area contributed by atoms with Crippen LogP contribution >= 0.6 is 24.0 Å². The number of ether oxygens (including phenoxy) is 1. The number of aryl methyl sites for hydroxylation is 1. The Morgan fingerprint density at radius 1 is 1.24 bits per heavy atom. The van der Waals surface area contributed by atoms with Crippen LogP contribution in [0.4, 0.5) is 0 Å². The summed E-state index contributed by atoms with van der Waals surface area (Å²) in [4.78, 5) is 0. The summed E-state index contributed by atoms with van der Waals surface area (Å²) in [7, 11) is 1.90. The predicted octanol–water partition coefficient (Wildman–Crippen LogP) is 4.01. The minimum absolute atomic E-state index is 0.0712. The van der Waals surface area contributed by atoms with Gasteiger partial charge >= 0.3 is 0 Å². The number of thioether (sulfide) groups is 1. The van der Waals surface area contributed by atoms with E-state index in [-0.39, 0.29) is 12.1 Å². The maximum atomic E-state index is 5.90. The molecule has 1 N–H and O–H groups in total. The van der Waals surface area contributed by atoms with Gasteiger partial charge in [0.1, 0.15) is 11.5 Å². The molecule has 11 heteroatoms. The van der Waals surface area contributed by atoms with Gasteiger partial charge in [-0.1, -0.05) is 42.1 Å². The van der Waals surface area contributed by atoms with Crippen LogP contribution in [0, 0.1) is 4.77 Å². The molecule has 0 saturated carbocycles. The first-order valence-electron chi connectivity index (χ1n) is 11.0. The second-order valence-corrected chi connectivity index (χ2v) is 9.45. The maximum Gasteiger partial charge on any atom is 0.195 e. The Morgan fingerprint density at radius 3 is 2.82 bits per heavy atom. The third kappa shape index (κ3) is 4.66. The van der Waals surface area contributed by atoms with E-state index in [1.165, 1.54) is 5.56 Å². The van der Waals surface area contributed by atoms with Crippen molar-refractivity contribution in [3.63, 3.8) is 0 Å². The van der Waals surface area contributed by atoms with Crippen LogP contribution in [0.2, 0.25) is 0 Å². The van der Waals surface area contributed by atoms with Gasteiger partial charge in [-0.25, -0.2) is 0 Å². The number of H-pyrrole nitrogens is 1. The minimum Gasteiger partial charge on any atom is -0.376 e. The molecule has 172 valence electrons. The highest BCUT2D eigenvalue weighted by molar-refractivity contribution is 7.98. The predicted molar refractivity (Wildman–Crippen MR) is 128 cm³/mol. The van der Waals surface area contributed by atoms with E-state index >= 15 is 0 Å². The van der Waals surface area contributed by atoms with E-state index in [2.05, 4.69) is 53.7 Å². The molecule has 1 saturated heterocycles. The summed E-state index contributed by atoms with van der Waals surface area (Å²) in [5.74, 6) is 2.23. The number of nitrogens with one attached hydrogen (secondary N) is 1. The number of aromatic amines is 1. The Hall–Kier alpha value is -2.76. The normalized spacial score (nSPS) is 17.0. The molecule has 1 aromatic carbocycles. The standard InChI is InChI=1S/C22H26N8OS2/c1-15(16-7-4-3-5-8-16)30-19(23-25-21(30)32)14-33-22-26-24-20(18-10-11-28(2)27-18)29(22)13-17-9-6-12-31-17/h3-5,7-8,10-11,15,17H,6,9,12-14H2,1-2H3,(H,25,32)/t15-,17+/m0/s1. The van der Waals surface area contributed by atoms with Crippen molar-refractivity contribution < 1.29 is 4.74 Å². The molecule has 5 rings (SSSR count). The molecule has 1 fully saturated rings. The van der Waals surface area contributed by atoms with E-state index in [0.29, 0.717) is 17.1 Å². The second-order valence-electron chi connectivity index (χ2n) is 8.12. The van der Waals surface area contributed by atoms with Crippen molar-refractivity contribution in [2.45, 2.75) is 49.4 Å². The van der Waals surface area contributed by atoms with E-state index < -0.39 is 0 Å². The Labute approximate surface area is 201 Å². The first kappa shape index (κ1) is 22.1. The van der Waals surface area contributed by atoms with Gasteiger partial charge in [-0.15, -0.1) is 10.2 Å². The van der Waals surface area contributed by atoms with Gasteiger partial charge in [-0.3, -0.25) is 18.9 Å². The molecular formula is C22H26N8OS2. The quantitative estimate of drug-likeness (QED) is 0.300. The molecule has 4 aromatic rings. The van der Waals surface area contributed by atoms with Gasteiger partial charge in [0.15, 0.2) is 15.8 Å². The van der Waals surface area contributed by atoms with Crippen molar-refractivity contribution >= 4 is 24.0 Å². The summed E-state index contributed by atoms with van der Waals surface area (Å²) in [5.41, 5.74) is 1.98. The lowest BCUT2D eigenvalue weighted by Crippen LogP contribution is -2.17. The lowest BCUT2D eigenvalue weighted by molar-refractivity contribution is 0.0953. The molecule has 1 aliphatic heterocycles. The Morgan fingerprint density at radius 2 is 2.09 bits per heavy atom. The number of rotatable bonds is 8. The summed E-state index contributed by atoms with van der Waals surface area (Å²) < 4.78 is 12.5. The smallest absolute Gasteiger partial charge is 0.195 e. The topological polar surface area (TPSA) is 91.4 Å². The fraction of sp³-hybridized carbons (Fsp3) is 0.409. The number of aromatic nitrogens is 8. The molecule has 1 aliphatic rings. The molecule has 0 aliphatic carbocycles. The third-order valence-corrected chi connectivity index (χ3v) is 7.10. The van der Waals surface area contributed by atoms with Crippen molar-refractivity contribution in [3.8, 4) is 11.5 Å². The van der Waals surface area contributed by atoms with Crippen LogP contribution in [0.15, 0.2) is 47.8 Å². The zero-order valence-electron chi connectivity index (χ0n) is 18.6. The van der Waals surface area contributed by atoms with E-state index in [9.17, 15) is 0 Å².